The summed E-state index contributed by atoms with van der Waals surface area (Å²) in [6.07, 6.45) is 0.417. The Kier molecular flexibility index (Phi) is 6.09. The molecule has 0 saturated carbocycles. The van der Waals surface area contributed by atoms with Gasteiger partial charge in [-0.1, -0.05) is 57.2 Å². The smallest absolute Gasteiger partial charge is 0.224 e. The minimum atomic E-state index is 0.0858. The van der Waals surface area contributed by atoms with E-state index in [1.807, 2.05) is 26.2 Å². The number of rotatable bonds is 5. The fourth-order valence-electron chi connectivity index (χ4n) is 3.77. The van der Waals surface area contributed by atoms with Crippen LogP contribution in [-0.2, 0) is 16.6 Å². The summed E-state index contributed by atoms with van der Waals surface area (Å²) in [4.78, 5) is 14.7. The highest BCUT2D eigenvalue weighted by atomic mass is 16.1. The summed E-state index contributed by atoms with van der Waals surface area (Å²) < 4.78 is 0. The summed E-state index contributed by atoms with van der Waals surface area (Å²) in [5.74, 6) is 0.400. The van der Waals surface area contributed by atoms with Gasteiger partial charge >= 0.3 is 0 Å². The van der Waals surface area contributed by atoms with Gasteiger partial charge in [0.15, 0.2) is 0 Å². The van der Waals surface area contributed by atoms with Gasteiger partial charge in [-0.25, -0.2) is 0 Å². The molecule has 1 fully saturated rings. The Morgan fingerprint density at radius 2 is 1.68 bits per heavy atom. The molecule has 0 bridgehead atoms. The van der Waals surface area contributed by atoms with Crippen LogP contribution in [0.4, 0.5) is 5.69 Å². The van der Waals surface area contributed by atoms with E-state index in [-0.39, 0.29) is 17.4 Å². The van der Waals surface area contributed by atoms with Gasteiger partial charge in [0.05, 0.1) is 6.42 Å². The number of nitrogens with zero attached hydrogens (tertiary/aromatic N) is 1. The maximum Gasteiger partial charge on any atom is 0.224 e. The number of amides is 1. The summed E-state index contributed by atoms with van der Waals surface area (Å²) >= 11 is 0. The van der Waals surface area contributed by atoms with E-state index >= 15 is 0 Å². The van der Waals surface area contributed by atoms with Crippen LogP contribution in [0.25, 0.3) is 0 Å². The van der Waals surface area contributed by atoms with Crippen LogP contribution in [-0.4, -0.2) is 39.1 Å². The Bertz CT molecular complexity index is 788. The van der Waals surface area contributed by atoms with E-state index in [0.29, 0.717) is 12.3 Å². The molecule has 1 aliphatic heterocycles. The molecule has 2 atom stereocenters. The summed E-state index contributed by atoms with van der Waals surface area (Å²) in [7, 11) is 4.03. The quantitative estimate of drug-likeness (QED) is 0.836. The van der Waals surface area contributed by atoms with Gasteiger partial charge in [-0.15, -0.1) is 0 Å². The van der Waals surface area contributed by atoms with Gasteiger partial charge in [-0.05, 0) is 34.2 Å². The molecule has 2 N–H and O–H groups in total. The lowest BCUT2D eigenvalue weighted by Crippen LogP contribution is -2.40. The molecule has 1 saturated heterocycles. The van der Waals surface area contributed by atoms with Crippen molar-refractivity contribution >= 4 is 11.6 Å². The molecule has 1 heterocycles. The van der Waals surface area contributed by atoms with E-state index < -0.39 is 0 Å². The average Bonchev–Trinajstić information content (AvgIpc) is 3.09. The molecule has 4 heteroatoms. The first-order chi connectivity index (χ1) is 13.2. The highest BCUT2D eigenvalue weighted by Crippen LogP contribution is 2.27. The van der Waals surface area contributed by atoms with Crippen molar-refractivity contribution in [1.29, 1.82) is 0 Å². The van der Waals surface area contributed by atoms with Gasteiger partial charge < -0.3 is 15.5 Å². The van der Waals surface area contributed by atoms with Crippen LogP contribution in [0.1, 0.15) is 43.4 Å². The average molecular weight is 380 g/mol. The molecular weight excluding hydrogens is 346 g/mol. The maximum atomic E-state index is 12.6. The van der Waals surface area contributed by atoms with Crippen LogP contribution < -0.4 is 15.5 Å². The van der Waals surface area contributed by atoms with Gasteiger partial charge in [0, 0.05) is 44.8 Å². The second kappa shape index (κ2) is 8.36. The van der Waals surface area contributed by atoms with Gasteiger partial charge in [0.25, 0.3) is 0 Å². The lowest BCUT2D eigenvalue weighted by Gasteiger charge is -2.23. The number of carbonyl (C=O) groups is 1. The van der Waals surface area contributed by atoms with Crippen molar-refractivity contribution in [2.24, 2.45) is 0 Å². The van der Waals surface area contributed by atoms with Gasteiger partial charge in [-0.3, -0.25) is 4.79 Å². The molecule has 1 amide bonds. The van der Waals surface area contributed by atoms with Crippen LogP contribution in [0, 0.1) is 0 Å². The molecular formula is C24H33N3O. The van der Waals surface area contributed by atoms with Crippen LogP contribution in [0.15, 0.2) is 48.5 Å². The molecule has 2 aromatic carbocycles. The van der Waals surface area contributed by atoms with E-state index in [1.54, 1.807) is 0 Å². The van der Waals surface area contributed by atoms with Crippen LogP contribution in [0.2, 0.25) is 0 Å². The number of carbonyl (C=O) groups excluding carboxylic acids is 1. The third-order valence-electron chi connectivity index (χ3n) is 5.58. The first kappa shape index (κ1) is 20.4. The number of benzene rings is 2. The van der Waals surface area contributed by atoms with Gasteiger partial charge in [0.1, 0.15) is 0 Å². The Labute approximate surface area is 169 Å². The Balaban J connectivity index is 1.62. The third-order valence-corrected chi connectivity index (χ3v) is 5.58. The second-order valence-electron chi connectivity index (χ2n) is 9.05. The summed E-state index contributed by atoms with van der Waals surface area (Å²) in [5, 5.41) is 6.68. The first-order valence-electron chi connectivity index (χ1n) is 10.1. The van der Waals surface area contributed by atoms with Crippen molar-refractivity contribution in [1.82, 2.24) is 10.6 Å². The highest BCUT2D eigenvalue weighted by molar-refractivity contribution is 5.79. The Morgan fingerprint density at radius 1 is 1.04 bits per heavy atom. The lowest BCUT2D eigenvalue weighted by molar-refractivity contribution is -0.121. The standard InChI is InChI=1S/C24H33N3O/c1-24(2,3)19-10-8-18(9-11-19)21-15-25-16-22(21)26-23(28)14-17-6-12-20(13-7-17)27(4)5/h6-13,21-22,25H,14-16H2,1-5H3,(H,26,28). The van der Waals surface area contributed by atoms with E-state index in [2.05, 4.69) is 72.7 Å². The van der Waals surface area contributed by atoms with Crippen molar-refractivity contribution < 1.29 is 4.79 Å². The zero-order valence-corrected chi connectivity index (χ0v) is 17.8. The molecule has 150 valence electrons. The fraction of sp³-hybridized carbons (Fsp3) is 0.458. The fourth-order valence-corrected chi connectivity index (χ4v) is 3.77. The SMILES string of the molecule is CN(C)c1ccc(CC(=O)NC2CNCC2c2ccc(C(C)(C)C)cc2)cc1. The van der Waals surface area contributed by atoms with Crippen LogP contribution in [0.5, 0.6) is 0 Å². The Hall–Kier alpha value is -2.33. The number of hydrogen-bond acceptors (Lipinski definition) is 3. The second-order valence-corrected chi connectivity index (χ2v) is 9.05. The molecule has 3 rings (SSSR count). The normalized spacial score (nSPS) is 19.5. The van der Waals surface area contributed by atoms with Crippen molar-refractivity contribution in [3.8, 4) is 0 Å². The van der Waals surface area contributed by atoms with Crippen molar-refractivity contribution in [3.63, 3.8) is 0 Å². The Morgan fingerprint density at radius 3 is 2.25 bits per heavy atom. The monoisotopic (exact) mass is 379 g/mol. The predicted octanol–water partition coefficient (Wildman–Crippen LogP) is 3.46. The van der Waals surface area contributed by atoms with Crippen LogP contribution in [0.3, 0.4) is 0 Å². The number of hydrogen-bond donors (Lipinski definition) is 2. The van der Waals surface area contributed by atoms with Gasteiger partial charge in [-0.2, -0.15) is 0 Å². The zero-order chi connectivity index (χ0) is 20.3. The molecule has 0 spiro atoms. The van der Waals surface area contributed by atoms with Crippen LogP contribution >= 0.6 is 0 Å². The van der Waals surface area contributed by atoms with E-state index in [9.17, 15) is 4.79 Å². The topological polar surface area (TPSA) is 44.4 Å². The van der Waals surface area contributed by atoms with E-state index in [1.165, 1.54) is 11.1 Å². The molecule has 2 aromatic rings. The molecule has 0 radical (unpaired) electrons. The summed E-state index contributed by atoms with van der Waals surface area (Å²) in [6, 6.07) is 17.2. The van der Waals surface area contributed by atoms with Crippen molar-refractivity contribution in [3.05, 3.63) is 65.2 Å². The molecule has 0 aliphatic carbocycles. The number of nitrogens with one attached hydrogen (secondary N) is 2. The lowest BCUT2D eigenvalue weighted by atomic mass is 9.85. The summed E-state index contributed by atoms with van der Waals surface area (Å²) in [6.45, 7) is 8.40. The van der Waals surface area contributed by atoms with Crippen molar-refractivity contribution in [2.75, 3.05) is 32.1 Å². The molecule has 1 aliphatic rings. The highest BCUT2D eigenvalue weighted by Gasteiger charge is 2.29. The van der Waals surface area contributed by atoms with E-state index in [4.69, 9.17) is 0 Å². The van der Waals surface area contributed by atoms with Crippen molar-refractivity contribution in [2.45, 2.75) is 44.6 Å². The zero-order valence-electron chi connectivity index (χ0n) is 17.8. The third kappa shape index (κ3) is 4.93. The first-order valence-corrected chi connectivity index (χ1v) is 10.1. The molecule has 4 nitrogen and oxygen atoms in total. The summed E-state index contributed by atoms with van der Waals surface area (Å²) in [5.41, 5.74) is 4.97. The molecule has 28 heavy (non-hydrogen) atoms. The maximum absolute atomic E-state index is 12.6. The van der Waals surface area contributed by atoms with E-state index in [0.717, 1.165) is 24.3 Å². The minimum Gasteiger partial charge on any atom is -0.378 e. The predicted molar refractivity (Wildman–Crippen MR) is 117 cm³/mol. The van der Waals surface area contributed by atoms with Gasteiger partial charge in [0.2, 0.25) is 5.91 Å². The largest absolute Gasteiger partial charge is 0.378 e. The molecule has 2 unspecified atom stereocenters. The minimum absolute atomic E-state index is 0.0858. The number of anilines is 1. The molecule has 0 aromatic heterocycles.